The SMILES string of the molecule is CC(C)C(C(=O)NC1CCCC1CN)n1nnc(-c2ccccc2)n1.Cl. The molecule has 3 N–H and O–H groups in total. The van der Waals surface area contributed by atoms with Crippen LogP contribution >= 0.6 is 12.4 Å². The van der Waals surface area contributed by atoms with Crippen LogP contribution in [0.3, 0.4) is 0 Å². The lowest BCUT2D eigenvalue weighted by atomic mass is 10.0. The number of nitrogens with one attached hydrogen (secondary N) is 1. The minimum absolute atomic E-state index is 0. The van der Waals surface area contributed by atoms with Gasteiger partial charge in [-0.25, -0.2) is 0 Å². The molecule has 1 fully saturated rings. The standard InChI is InChI=1S/C18H26N6O.ClH/c1-12(2)16(18(25)20-15-10-6-9-14(15)11-19)24-22-17(21-23-24)13-7-4-3-5-8-13;/h3-5,7-8,12,14-16H,6,9-11,19H2,1-2H3,(H,20,25);1H. The number of hydrogen-bond donors (Lipinski definition) is 2. The Bertz CT molecular complexity index is 705. The molecular weight excluding hydrogens is 352 g/mol. The van der Waals surface area contributed by atoms with E-state index in [1.165, 1.54) is 4.80 Å². The molecule has 8 heteroatoms. The Kier molecular flexibility index (Phi) is 7.11. The van der Waals surface area contributed by atoms with E-state index in [-0.39, 0.29) is 30.3 Å². The van der Waals surface area contributed by atoms with Gasteiger partial charge in [0.2, 0.25) is 11.7 Å². The molecule has 0 spiro atoms. The van der Waals surface area contributed by atoms with Crippen LogP contribution in [0, 0.1) is 11.8 Å². The first-order chi connectivity index (χ1) is 12.1. The fourth-order valence-electron chi connectivity index (χ4n) is 3.50. The minimum atomic E-state index is -0.482. The third kappa shape index (κ3) is 4.40. The van der Waals surface area contributed by atoms with Gasteiger partial charge in [-0.2, -0.15) is 4.80 Å². The number of halogens is 1. The highest BCUT2D eigenvalue weighted by Gasteiger charge is 2.33. The zero-order valence-corrected chi connectivity index (χ0v) is 16.0. The number of carbonyl (C=O) groups is 1. The molecule has 0 bridgehead atoms. The van der Waals surface area contributed by atoms with Gasteiger partial charge in [0, 0.05) is 11.6 Å². The van der Waals surface area contributed by atoms with E-state index in [9.17, 15) is 4.79 Å². The van der Waals surface area contributed by atoms with Gasteiger partial charge in [-0.3, -0.25) is 4.79 Å². The molecule has 0 saturated heterocycles. The molecule has 142 valence electrons. The highest BCUT2D eigenvalue weighted by atomic mass is 35.5. The molecule has 1 saturated carbocycles. The van der Waals surface area contributed by atoms with E-state index in [0.29, 0.717) is 18.3 Å². The summed E-state index contributed by atoms with van der Waals surface area (Å²) in [6.45, 7) is 4.59. The van der Waals surface area contributed by atoms with Crippen LogP contribution in [0.4, 0.5) is 0 Å². The highest BCUT2D eigenvalue weighted by Crippen LogP contribution is 2.26. The average molecular weight is 379 g/mol. The molecule has 1 aliphatic carbocycles. The van der Waals surface area contributed by atoms with Crippen LogP contribution in [0.1, 0.15) is 39.2 Å². The summed E-state index contributed by atoms with van der Waals surface area (Å²) < 4.78 is 0. The van der Waals surface area contributed by atoms with Crippen molar-refractivity contribution in [3.8, 4) is 11.4 Å². The lowest BCUT2D eigenvalue weighted by Crippen LogP contribution is -2.45. The molecule has 0 aliphatic heterocycles. The zero-order valence-electron chi connectivity index (χ0n) is 15.2. The number of amides is 1. The van der Waals surface area contributed by atoms with E-state index >= 15 is 0 Å². The Morgan fingerprint density at radius 2 is 2.04 bits per heavy atom. The average Bonchev–Trinajstić information content (AvgIpc) is 3.25. The zero-order chi connectivity index (χ0) is 17.8. The summed E-state index contributed by atoms with van der Waals surface area (Å²) in [7, 11) is 0. The quantitative estimate of drug-likeness (QED) is 0.802. The fourth-order valence-corrected chi connectivity index (χ4v) is 3.50. The molecule has 3 unspecified atom stereocenters. The van der Waals surface area contributed by atoms with Gasteiger partial charge in [-0.05, 0) is 36.4 Å². The minimum Gasteiger partial charge on any atom is -0.351 e. The van der Waals surface area contributed by atoms with Crippen molar-refractivity contribution in [1.29, 1.82) is 0 Å². The smallest absolute Gasteiger partial charge is 0.247 e. The molecule has 0 radical (unpaired) electrons. The van der Waals surface area contributed by atoms with E-state index in [2.05, 4.69) is 20.7 Å². The van der Waals surface area contributed by atoms with Gasteiger partial charge in [0.15, 0.2) is 6.04 Å². The topological polar surface area (TPSA) is 98.7 Å². The first-order valence-electron chi connectivity index (χ1n) is 8.95. The summed E-state index contributed by atoms with van der Waals surface area (Å²) in [5.74, 6) is 0.882. The third-order valence-corrected chi connectivity index (χ3v) is 4.90. The van der Waals surface area contributed by atoms with Gasteiger partial charge < -0.3 is 11.1 Å². The van der Waals surface area contributed by atoms with E-state index < -0.39 is 6.04 Å². The molecule has 1 heterocycles. The lowest BCUT2D eigenvalue weighted by molar-refractivity contribution is -0.127. The number of benzene rings is 1. The monoisotopic (exact) mass is 378 g/mol. The van der Waals surface area contributed by atoms with Crippen LogP contribution in [0.2, 0.25) is 0 Å². The normalized spacial score (nSPS) is 20.6. The van der Waals surface area contributed by atoms with E-state index in [0.717, 1.165) is 24.8 Å². The van der Waals surface area contributed by atoms with Crippen molar-refractivity contribution in [2.24, 2.45) is 17.6 Å². The summed E-state index contributed by atoms with van der Waals surface area (Å²) in [5.41, 5.74) is 6.71. The van der Waals surface area contributed by atoms with Gasteiger partial charge in [0.1, 0.15) is 0 Å². The number of carbonyl (C=O) groups excluding carboxylic acids is 1. The number of tetrazole rings is 1. The van der Waals surface area contributed by atoms with Gasteiger partial charge in [0.05, 0.1) is 0 Å². The fraction of sp³-hybridized carbons (Fsp3) is 0.556. The maximum absolute atomic E-state index is 12.9. The van der Waals surface area contributed by atoms with Crippen LogP contribution in [-0.4, -0.2) is 38.7 Å². The second-order valence-electron chi connectivity index (χ2n) is 7.03. The van der Waals surface area contributed by atoms with Crippen LogP contribution in [0.25, 0.3) is 11.4 Å². The first-order valence-corrected chi connectivity index (χ1v) is 8.95. The second-order valence-corrected chi connectivity index (χ2v) is 7.03. The molecular formula is C18H27ClN6O. The van der Waals surface area contributed by atoms with Gasteiger partial charge >= 0.3 is 0 Å². The molecule has 1 aliphatic rings. The van der Waals surface area contributed by atoms with Crippen molar-refractivity contribution in [2.45, 2.75) is 45.2 Å². The maximum Gasteiger partial charge on any atom is 0.247 e. The highest BCUT2D eigenvalue weighted by molar-refractivity contribution is 5.85. The number of hydrogen-bond acceptors (Lipinski definition) is 5. The largest absolute Gasteiger partial charge is 0.351 e. The molecule has 7 nitrogen and oxygen atoms in total. The number of rotatable bonds is 6. The van der Waals surface area contributed by atoms with Crippen molar-refractivity contribution in [3.63, 3.8) is 0 Å². The Morgan fingerprint density at radius 3 is 2.69 bits per heavy atom. The summed E-state index contributed by atoms with van der Waals surface area (Å²) in [5, 5.41) is 15.9. The van der Waals surface area contributed by atoms with Crippen molar-refractivity contribution in [2.75, 3.05) is 6.54 Å². The first kappa shape index (κ1) is 20.3. The number of nitrogens with two attached hydrogens (primary N) is 1. The molecule has 1 aromatic heterocycles. The molecule has 3 atom stereocenters. The Hall–Kier alpha value is -1.99. The predicted octanol–water partition coefficient (Wildman–Crippen LogP) is 2.20. The Morgan fingerprint density at radius 1 is 1.31 bits per heavy atom. The van der Waals surface area contributed by atoms with Gasteiger partial charge in [-0.1, -0.05) is 50.6 Å². The van der Waals surface area contributed by atoms with E-state index in [1.807, 2.05) is 44.2 Å². The van der Waals surface area contributed by atoms with E-state index in [4.69, 9.17) is 5.73 Å². The Labute approximate surface area is 160 Å². The van der Waals surface area contributed by atoms with Crippen LogP contribution < -0.4 is 11.1 Å². The number of aromatic nitrogens is 4. The molecule has 26 heavy (non-hydrogen) atoms. The van der Waals surface area contributed by atoms with Crippen LogP contribution in [0.15, 0.2) is 30.3 Å². The molecule has 2 aromatic rings. The van der Waals surface area contributed by atoms with E-state index in [1.54, 1.807) is 0 Å². The molecule has 3 rings (SSSR count). The third-order valence-electron chi connectivity index (χ3n) is 4.90. The van der Waals surface area contributed by atoms with Crippen molar-refractivity contribution < 1.29 is 4.79 Å². The van der Waals surface area contributed by atoms with Gasteiger partial charge in [0.25, 0.3) is 0 Å². The second kappa shape index (κ2) is 9.09. The summed E-state index contributed by atoms with van der Waals surface area (Å²) in [4.78, 5) is 14.3. The van der Waals surface area contributed by atoms with Crippen molar-refractivity contribution in [3.05, 3.63) is 30.3 Å². The van der Waals surface area contributed by atoms with Gasteiger partial charge in [-0.15, -0.1) is 22.6 Å². The molecule has 1 aromatic carbocycles. The Balaban J connectivity index is 0.00000243. The van der Waals surface area contributed by atoms with Crippen LogP contribution in [0.5, 0.6) is 0 Å². The summed E-state index contributed by atoms with van der Waals surface area (Å²) in [6, 6.07) is 9.31. The number of nitrogens with zero attached hydrogens (tertiary/aromatic N) is 4. The maximum atomic E-state index is 12.9. The van der Waals surface area contributed by atoms with Crippen molar-refractivity contribution >= 4 is 18.3 Å². The predicted molar refractivity (Wildman–Crippen MR) is 103 cm³/mol. The molecule has 1 amide bonds. The summed E-state index contributed by atoms with van der Waals surface area (Å²) >= 11 is 0. The summed E-state index contributed by atoms with van der Waals surface area (Å²) in [6.07, 6.45) is 3.17. The van der Waals surface area contributed by atoms with Crippen molar-refractivity contribution in [1.82, 2.24) is 25.5 Å². The lowest BCUT2D eigenvalue weighted by Gasteiger charge is -2.24. The van der Waals surface area contributed by atoms with Crippen LogP contribution in [-0.2, 0) is 4.79 Å².